The van der Waals surface area contributed by atoms with Gasteiger partial charge in [-0.05, 0) is 6.42 Å². The van der Waals surface area contributed by atoms with Crippen molar-refractivity contribution in [3.63, 3.8) is 0 Å². The topological polar surface area (TPSA) is 30.9 Å². The minimum Gasteiger partial charge on any atom is -0.379 e. The summed E-state index contributed by atoms with van der Waals surface area (Å²) in [5.74, 6) is 0. The van der Waals surface area contributed by atoms with Gasteiger partial charge in [0.2, 0.25) is 0 Å². The van der Waals surface area contributed by atoms with Crippen LogP contribution in [0.5, 0.6) is 0 Å². The second-order valence-electron chi connectivity index (χ2n) is 3.52. The van der Waals surface area contributed by atoms with Crippen LogP contribution in [0.25, 0.3) is 0 Å². The zero-order valence-electron chi connectivity index (χ0n) is 7.91. The summed E-state index contributed by atoms with van der Waals surface area (Å²) in [7, 11) is 0. The first-order valence-corrected chi connectivity index (χ1v) is 4.94. The van der Waals surface area contributed by atoms with Gasteiger partial charge >= 0.3 is 0 Å². The first-order chi connectivity index (χ1) is 6.45. The van der Waals surface area contributed by atoms with Crippen molar-refractivity contribution in [1.82, 2.24) is 4.90 Å². The Labute approximate surface area is 78.7 Å². The average molecular weight is 187 g/mol. The summed E-state index contributed by atoms with van der Waals surface area (Å²) in [5, 5.41) is 0. The van der Waals surface area contributed by atoms with E-state index >= 15 is 0 Å². The van der Waals surface area contributed by atoms with E-state index in [0.717, 1.165) is 45.9 Å². The summed E-state index contributed by atoms with van der Waals surface area (Å²) in [6, 6.07) is 0. The summed E-state index contributed by atoms with van der Waals surface area (Å²) in [6.45, 7) is 6.24. The van der Waals surface area contributed by atoms with Crippen LogP contribution in [0.4, 0.5) is 0 Å². The van der Waals surface area contributed by atoms with Crippen LogP contribution in [-0.2, 0) is 14.2 Å². The fourth-order valence-corrected chi connectivity index (χ4v) is 1.69. The monoisotopic (exact) mass is 187 g/mol. The lowest BCUT2D eigenvalue weighted by Crippen LogP contribution is -2.38. The van der Waals surface area contributed by atoms with Gasteiger partial charge < -0.3 is 14.2 Å². The smallest absolute Gasteiger partial charge is 0.147 e. The van der Waals surface area contributed by atoms with Gasteiger partial charge in [-0.3, -0.25) is 4.90 Å². The molecule has 4 nitrogen and oxygen atoms in total. The fourth-order valence-electron chi connectivity index (χ4n) is 1.69. The van der Waals surface area contributed by atoms with E-state index in [4.69, 9.17) is 14.2 Å². The predicted molar refractivity (Wildman–Crippen MR) is 47.6 cm³/mol. The lowest BCUT2D eigenvalue weighted by molar-refractivity contribution is 0.0207. The molecule has 0 spiro atoms. The summed E-state index contributed by atoms with van der Waals surface area (Å²) in [5.41, 5.74) is 0. The molecule has 13 heavy (non-hydrogen) atoms. The second kappa shape index (κ2) is 4.91. The lowest BCUT2D eigenvalue weighted by atomic mass is 10.2. The van der Waals surface area contributed by atoms with E-state index in [2.05, 4.69) is 4.90 Å². The minimum absolute atomic E-state index is 0.322. The van der Waals surface area contributed by atoms with Crippen molar-refractivity contribution in [3.8, 4) is 0 Å². The fraction of sp³-hybridized carbons (Fsp3) is 1.00. The van der Waals surface area contributed by atoms with Crippen molar-refractivity contribution in [2.24, 2.45) is 0 Å². The van der Waals surface area contributed by atoms with Gasteiger partial charge in [0.05, 0.1) is 25.9 Å². The van der Waals surface area contributed by atoms with Crippen molar-refractivity contribution in [2.75, 3.05) is 46.2 Å². The van der Waals surface area contributed by atoms with Gasteiger partial charge in [-0.15, -0.1) is 0 Å². The summed E-state index contributed by atoms with van der Waals surface area (Å²) in [6.07, 6.45) is 1.41. The molecule has 1 atom stereocenters. The van der Waals surface area contributed by atoms with Gasteiger partial charge in [0.25, 0.3) is 0 Å². The van der Waals surface area contributed by atoms with Crippen molar-refractivity contribution in [3.05, 3.63) is 0 Å². The molecule has 2 aliphatic heterocycles. The van der Waals surface area contributed by atoms with Crippen molar-refractivity contribution in [1.29, 1.82) is 0 Å². The van der Waals surface area contributed by atoms with Gasteiger partial charge in [0, 0.05) is 19.6 Å². The van der Waals surface area contributed by atoms with Crippen LogP contribution in [0.1, 0.15) is 6.42 Å². The maximum atomic E-state index is 5.36. The Balaban J connectivity index is 1.60. The Morgan fingerprint density at radius 2 is 2.00 bits per heavy atom. The van der Waals surface area contributed by atoms with Crippen LogP contribution < -0.4 is 0 Å². The maximum absolute atomic E-state index is 5.36. The lowest BCUT2D eigenvalue weighted by Gasteiger charge is -2.27. The molecule has 0 bridgehead atoms. The molecular weight excluding hydrogens is 170 g/mol. The molecule has 2 aliphatic rings. The quantitative estimate of drug-likeness (QED) is 0.626. The van der Waals surface area contributed by atoms with E-state index < -0.39 is 0 Å². The van der Waals surface area contributed by atoms with Gasteiger partial charge in [-0.25, -0.2) is 0 Å². The predicted octanol–water partition coefficient (Wildman–Crippen LogP) is 0.0816. The first kappa shape index (κ1) is 9.40. The molecule has 76 valence electrons. The van der Waals surface area contributed by atoms with Crippen LogP contribution in [0.3, 0.4) is 0 Å². The zero-order chi connectivity index (χ0) is 8.93. The second-order valence-corrected chi connectivity index (χ2v) is 3.52. The molecule has 0 saturated carbocycles. The van der Waals surface area contributed by atoms with Gasteiger partial charge in [0.15, 0.2) is 0 Å². The van der Waals surface area contributed by atoms with Crippen LogP contribution >= 0.6 is 0 Å². The van der Waals surface area contributed by atoms with Crippen LogP contribution in [0.2, 0.25) is 0 Å². The molecule has 0 aliphatic carbocycles. The number of nitrogens with zero attached hydrogens (tertiary/aromatic N) is 1. The molecule has 2 fully saturated rings. The third kappa shape index (κ3) is 2.91. The van der Waals surface area contributed by atoms with E-state index in [1.807, 2.05) is 0 Å². The van der Waals surface area contributed by atoms with E-state index in [9.17, 15) is 0 Å². The highest BCUT2D eigenvalue weighted by atomic mass is 16.7. The van der Waals surface area contributed by atoms with Crippen molar-refractivity contribution < 1.29 is 14.2 Å². The van der Waals surface area contributed by atoms with E-state index in [1.54, 1.807) is 0 Å². The Morgan fingerprint density at radius 1 is 1.15 bits per heavy atom. The minimum atomic E-state index is 0.322. The number of hydrogen-bond acceptors (Lipinski definition) is 4. The largest absolute Gasteiger partial charge is 0.379 e. The van der Waals surface area contributed by atoms with E-state index in [1.165, 1.54) is 0 Å². The molecule has 0 aromatic heterocycles. The number of hydrogen-bond donors (Lipinski definition) is 0. The molecular formula is C9H17NO3. The molecule has 0 amide bonds. The Kier molecular flexibility index (Phi) is 3.55. The van der Waals surface area contributed by atoms with Crippen LogP contribution in [0.15, 0.2) is 0 Å². The highest BCUT2D eigenvalue weighted by molar-refractivity contribution is 4.67. The molecule has 0 radical (unpaired) electrons. The van der Waals surface area contributed by atoms with E-state index in [-0.39, 0.29) is 0 Å². The first-order valence-electron chi connectivity index (χ1n) is 4.94. The third-order valence-corrected chi connectivity index (χ3v) is 2.56. The van der Waals surface area contributed by atoms with Crippen LogP contribution in [-0.4, -0.2) is 57.3 Å². The number of ether oxygens (including phenoxy) is 3. The van der Waals surface area contributed by atoms with Crippen molar-refractivity contribution >= 4 is 0 Å². The molecule has 0 aromatic carbocycles. The molecule has 4 heteroatoms. The highest BCUT2D eigenvalue weighted by Crippen LogP contribution is 2.08. The van der Waals surface area contributed by atoms with Gasteiger partial charge in [-0.1, -0.05) is 0 Å². The molecule has 1 unspecified atom stereocenters. The maximum Gasteiger partial charge on any atom is 0.147 e. The highest BCUT2D eigenvalue weighted by Gasteiger charge is 2.18. The molecule has 2 heterocycles. The molecule has 2 rings (SSSR count). The van der Waals surface area contributed by atoms with Gasteiger partial charge in [0.1, 0.15) is 6.79 Å². The Bertz CT molecular complexity index is 142. The van der Waals surface area contributed by atoms with Crippen molar-refractivity contribution in [2.45, 2.75) is 12.5 Å². The number of morpholine rings is 1. The standard InChI is InChI=1S/C9H17NO3/c1(9-7-12-8-13-9)2-10-3-5-11-6-4-10/h9H,1-8H2. The summed E-state index contributed by atoms with van der Waals surface area (Å²) >= 11 is 0. The summed E-state index contributed by atoms with van der Waals surface area (Å²) < 4.78 is 15.8. The molecule has 2 saturated heterocycles. The SMILES string of the molecule is C1CN(CCC2COCO2)CCO1. The molecule has 0 N–H and O–H groups in total. The number of rotatable bonds is 3. The van der Waals surface area contributed by atoms with Crippen LogP contribution in [0, 0.1) is 0 Å². The Hall–Kier alpha value is -0.160. The third-order valence-electron chi connectivity index (χ3n) is 2.56. The average Bonchev–Trinajstić information content (AvgIpc) is 2.69. The summed E-state index contributed by atoms with van der Waals surface area (Å²) in [4.78, 5) is 2.42. The van der Waals surface area contributed by atoms with E-state index in [0.29, 0.717) is 12.9 Å². The zero-order valence-corrected chi connectivity index (χ0v) is 7.91. The molecule has 0 aromatic rings. The van der Waals surface area contributed by atoms with Gasteiger partial charge in [-0.2, -0.15) is 0 Å². The normalized spacial score (nSPS) is 30.9. The Morgan fingerprint density at radius 3 is 2.69 bits per heavy atom.